The lowest BCUT2D eigenvalue weighted by Crippen LogP contribution is -2.38. The van der Waals surface area contributed by atoms with Crippen LogP contribution in [0.1, 0.15) is 49.8 Å². The van der Waals surface area contributed by atoms with Crippen LogP contribution < -0.4 is 10.5 Å². The van der Waals surface area contributed by atoms with Gasteiger partial charge < -0.3 is 14.8 Å². The van der Waals surface area contributed by atoms with Gasteiger partial charge in [0.1, 0.15) is 5.82 Å². The molecule has 0 unspecified atom stereocenters. The van der Waals surface area contributed by atoms with Crippen LogP contribution in [0, 0.1) is 6.92 Å². The number of aryl methyl sites for hydroxylation is 1. The SMILES string of the molecule is C/C=C(/C)c1nc(CN2C=C(N(C)c3ccc(Cl)c(CCC)c3)C2)[nH]c(=O)c1C. The summed E-state index contributed by atoms with van der Waals surface area (Å²) in [6, 6.07) is 6.19. The normalized spacial score (nSPS) is 13.9. The van der Waals surface area contributed by atoms with Crippen molar-refractivity contribution in [1.82, 2.24) is 14.9 Å². The molecule has 1 N–H and O–H groups in total. The van der Waals surface area contributed by atoms with Crippen LogP contribution in [0.4, 0.5) is 5.69 Å². The molecule has 1 aliphatic heterocycles. The maximum Gasteiger partial charge on any atom is 0.254 e. The molecule has 1 aliphatic rings. The number of allylic oxidation sites excluding steroid dienone is 2. The zero-order chi connectivity index (χ0) is 21.1. The number of hydrogen-bond acceptors (Lipinski definition) is 4. The fourth-order valence-corrected chi connectivity index (χ4v) is 3.66. The van der Waals surface area contributed by atoms with Crippen LogP contribution in [0.3, 0.4) is 0 Å². The molecule has 0 radical (unpaired) electrons. The van der Waals surface area contributed by atoms with Crippen molar-refractivity contribution in [2.24, 2.45) is 0 Å². The predicted octanol–water partition coefficient (Wildman–Crippen LogP) is 4.90. The monoisotopic (exact) mass is 412 g/mol. The summed E-state index contributed by atoms with van der Waals surface area (Å²) in [6.45, 7) is 9.30. The van der Waals surface area contributed by atoms with Gasteiger partial charge in [-0.15, -0.1) is 0 Å². The van der Waals surface area contributed by atoms with Gasteiger partial charge in [-0.25, -0.2) is 4.98 Å². The molecule has 0 bridgehead atoms. The van der Waals surface area contributed by atoms with Crippen molar-refractivity contribution in [2.45, 2.75) is 47.1 Å². The Hall–Kier alpha value is -2.53. The predicted molar refractivity (Wildman–Crippen MR) is 121 cm³/mol. The van der Waals surface area contributed by atoms with Gasteiger partial charge in [0, 0.05) is 29.5 Å². The molecule has 1 aromatic heterocycles. The van der Waals surface area contributed by atoms with Crippen LogP contribution in [0.15, 0.2) is 41.0 Å². The summed E-state index contributed by atoms with van der Waals surface area (Å²) < 4.78 is 0. The van der Waals surface area contributed by atoms with Gasteiger partial charge in [0.25, 0.3) is 5.56 Å². The van der Waals surface area contributed by atoms with Gasteiger partial charge in [-0.2, -0.15) is 0 Å². The minimum atomic E-state index is -0.0716. The van der Waals surface area contributed by atoms with Crippen LogP contribution in [0.5, 0.6) is 0 Å². The van der Waals surface area contributed by atoms with Crippen LogP contribution >= 0.6 is 11.6 Å². The van der Waals surface area contributed by atoms with E-state index < -0.39 is 0 Å². The number of hydrogen-bond donors (Lipinski definition) is 1. The standard InChI is InChI=1S/C23H29ClN4O/c1-6-8-17-11-18(9-10-20(17)24)27(5)19-12-28(13-19)14-21-25-22(15(3)7-2)16(4)23(29)26-21/h7,9-12H,6,8,13-14H2,1-5H3,(H,25,26,29)/b15-7-. The first-order valence-electron chi connectivity index (χ1n) is 10.0. The highest BCUT2D eigenvalue weighted by Gasteiger charge is 2.21. The molecule has 2 aromatic rings. The molecule has 0 spiro atoms. The Balaban J connectivity index is 1.73. The molecule has 154 valence electrons. The van der Waals surface area contributed by atoms with E-state index in [1.165, 1.54) is 11.3 Å². The highest BCUT2D eigenvalue weighted by Crippen LogP contribution is 2.28. The van der Waals surface area contributed by atoms with Crippen molar-refractivity contribution in [3.05, 3.63) is 74.2 Å². The fourth-order valence-electron chi connectivity index (χ4n) is 3.45. The van der Waals surface area contributed by atoms with Crippen LogP contribution in [-0.4, -0.2) is 28.5 Å². The Morgan fingerprint density at radius 3 is 2.79 bits per heavy atom. The summed E-state index contributed by atoms with van der Waals surface area (Å²) in [5, 5.41) is 0.829. The molecule has 3 rings (SSSR count). The van der Waals surface area contributed by atoms with Crippen molar-refractivity contribution in [2.75, 3.05) is 18.5 Å². The lowest BCUT2D eigenvalue weighted by atomic mass is 10.1. The molecule has 0 amide bonds. The minimum Gasteiger partial charge on any atom is -0.363 e. The topological polar surface area (TPSA) is 52.2 Å². The molecule has 5 nitrogen and oxygen atoms in total. The average Bonchev–Trinajstić information content (AvgIpc) is 2.67. The first-order chi connectivity index (χ1) is 13.8. The van der Waals surface area contributed by atoms with Crippen LogP contribution in [0.25, 0.3) is 5.57 Å². The average molecular weight is 413 g/mol. The lowest BCUT2D eigenvalue weighted by Gasteiger charge is -2.36. The van der Waals surface area contributed by atoms with E-state index >= 15 is 0 Å². The third kappa shape index (κ3) is 4.56. The van der Waals surface area contributed by atoms with E-state index in [2.05, 4.69) is 52.1 Å². The first kappa shape index (κ1) is 21.2. The maximum absolute atomic E-state index is 12.3. The highest BCUT2D eigenvalue weighted by molar-refractivity contribution is 6.31. The maximum atomic E-state index is 12.3. The van der Waals surface area contributed by atoms with E-state index in [0.29, 0.717) is 17.9 Å². The van der Waals surface area contributed by atoms with Crippen molar-refractivity contribution < 1.29 is 0 Å². The molecular formula is C23H29ClN4O. The summed E-state index contributed by atoms with van der Waals surface area (Å²) in [4.78, 5) is 24.2. The number of nitrogens with one attached hydrogen (secondary N) is 1. The number of aromatic amines is 1. The fraction of sp³-hybridized carbons (Fsp3) is 0.391. The van der Waals surface area contributed by atoms with E-state index in [0.717, 1.165) is 41.4 Å². The number of rotatable bonds is 7. The third-order valence-electron chi connectivity index (χ3n) is 5.42. The lowest BCUT2D eigenvalue weighted by molar-refractivity contribution is 0.335. The number of H-pyrrole nitrogens is 1. The van der Waals surface area contributed by atoms with Crippen molar-refractivity contribution >= 4 is 22.9 Å². The van der Waals surface area contributed by atoms with Crippen molar-refractivity contribution in [3.63, 3.8) is 0 Å². The second-order valence-corrected chi connectivity index (χ2v) is 7.98. The number of benzene rings is 1. The van der Waals surface area contributed by atoms with Gasteiger partial charge in [-0.1, -0.05) is 31.0 Å². The van der Waals surface area contributed by atoms with Gasteiger partial charge in [0.05, 0.1) is 24.5 Å². The third-order valence-corrected chi connectivity index (χ3v) is 5.79. The molecule has 0 saturated carbocycles. The molecule has 6 heteroatoms. The Bertz CT molecular complexity index is 1020. The summed E-state index contributed by atoms with van der Waals surface area (Å²) in [5.74, 6) is 0.687. The van der Waals surface area contributed by atoms with E-state index in [9.17, 15) is 4.79 Å². The first-order valence-corrected chi connectivity index (χ1v) is 10.4. The number of likely N-dealkylation sites (N-methyl/N-ethyl adjacent to an activating group) is 1. The molecule has 2 heterocycles. The van der Waals surface area contributed by atoms with E-state index in [1.807, 2.05) is 32.9 Å². The largest absolute Gasteiger partial charge is 0.363 e. The second-order valence-electron chi connectivity index (χ2n) is 7.57. The molecule has 0 aliphatic carbocycles. The van der Waals surface area contributed by atoms with Crippen LogP contribution in [-0.2, 0) is 13.0 Å². The van der Waals surface area contributed by atoms with E-state index in [4.69, 9.17) is 11.6 Å². The number of halogens is 1. The van der Waals surface area contributed by atoms with Crippen molar-refractivity contribution in [3.8, 4) is 0 Å². The number of aromatic nitrogens is 2. The summed E-state index contributed by atoms with van der Waals surface area (Å²) >= 11 is 6.31. The Labute approximate surface area is 177 Å². The molecule has 0 saturated heterocycles. The molecule has 0 atom stereocenters. The van der Waals surface area contributed by atoms with Crippen molar-refractivity contribution in [1.29, 1.82) is 0 Å². The second kappa shape index (κ2) is 8.87. The van der Waals surface area contributed by atoms with Gasteiger partial charge in [-0.3, -0.25) is 4.79 Å². The molecular weight excluding hydrogens is 384 g/mol. The minimum absolute atomic E-state index is 0.0716. The summed E-state index contributed by atoms with van der Waals surface area (Å²) in [5.41, 5.74) is 5.92. The smallest absolute Gasteiger partial charge is 0.254 e. The van der Waals surface area contributed by atoms with Gasteiger partial charge in [0.2, 0.25) is 0 Å². The van der Waals surface area contributed by atoms with Crippen LogP contribution in [0.2, 0.25) is 5.02 Å². The zero-order valence-electron chi connectivity index (χ0n) is 17.8. The molecule has 29 heavy (non-hydrogen) atoms. The summed E-state index contributed by atoms with van der Waals surface area (Å²) in [7, 11) is 2.07. The number of anilines is 1. The zero-order valence-corrected chi connectivity index (χ0v) is 18.6. The van der Waals surface area contributed by atoms with E-state index in [-0.39, 0.29) is 5.56 Å². The summed E-state index contributed by atoms with van der Waals surface area (Å²) in [6.07, 6.45) is 6.14. The Kier molecular flexibility index (Phi) is 6.48. The van der Waals surface area contributed by atoms with Gasteiger partial charge >= 0.3 is 0 Å². The quantitative estimate of drug-likeness (QED) is 0.702. The van der Waals surface area contributed by atoms with E-state index in [1.54, 1.807) is 0 Å². The highest BCUT2D eigenvalue weighted by atomic mass is 35.5. The van der Waals surface area contributed by atoms with Gasteiger partial charge in [0.15, 0.2) is 0 Å². The van der Waals surface area contributed by atoms with Gasteiger partial charge in [-0.05, 0) is 56.5 Å². The Morgan fingerprint density at radius 1 is 1.41 bits per heavy atom. The Morgan fingerprint density at radius 2 is 2.14 bits per heavy atom. The number of nitrogens with zero attached hydrogens (tertiary/aromatic N) is 3. The molecule has 1 aromatic carbocycles. The molecule has 0 fully saturated rings.